The molecule has 12 heavy (non-hydrogen) atoms. The molecule has 2 rings (SSSR count). The van der Waals surface area contributed by atoms with Crippen molar-refractivity contribution in [2.75, 3.05) is 0 Å². The van der Waals surface area contributed by atoms with Crippen molar-refractivity contribution in [2.45, 2.75) is 52.9 Å². The fraction of sp³-hybridized carbons (Fsp3) is 1.00. The van der Waals surface area contributed by atoms with E-state index in [0.29, 0.717) is 5.41 Å². The summed E-state index contributed by atoms with van der Waals surface area (Å²) in [6.07, 6.45) is 7.66. The van der Waals surface area contributed by atoms with Crippen LogP contribution in [-0.4, -0.2) is 0 Å². The van der Waals surface area contributed by atoms with Gasteiger partial charge in [-0.2, -0.15) is 0 Å². The summed E-state index contributed by atoms with van der Waals surface area (Å²) in [5.74, 6) is 3.39. The molecule has 3 atom stereocenters. The smallest absolute Gasteiger partial charge is 0.0380 e. The quantitative estimate of drug-likeness (QED) is 0.555. The summed E-state index contributed by atoms with van der Waals surface area (Å²) in [6, 6.07) is 0. The van der Waals surface area contributed by atoms with E-state index in [1.54, 1.807) is 19.3 Å². The molecular formula is C12H22. The molecule has 0 heterocycles. The van der Waals surface area contributed by atoms with Crippen LogP contribution in [0, 0.1) is 23.2 Å². The average molecular weight is 166 g/mol. The van der Waals surface area contributed by atoms with Gasteiger partial charge in [0.2, 0.25) is 0 Å². The summed E-state index contributed by atoms with van der Waals surface area (Å²) in [4.78, 5) is 0. The van der Waals surface area contributed by atoms with Gasteiger partial charge in [-0.25, -0.2) is 0 Å². The van der Waals surface area contributed by atoms with Crippen LogP contribution in [0.5, 0.6) is 0 Å². The van der Waals surface area contributed by atoms with Crippen LogP contribution in [0.1, 0.15) is 52.9 Å². The standard InChI is InChI=1S/C12H22/c1-12(2,3)8-9-4-5-10-7-11(10)6-9/h9-11H,4-8H2,1-3H3. The van der Waals surface area contributed by atoms with E-state index in [1.807, 2.05) is 0 Å². The molecule has 0 amide bonds. The minimum Gasteiger partial charge on any atom is -0.0602 e. The molecule has 0 aromatic carbocycles. The topological polar surface area (TPSA) is 0 Å². The van der Waals surface area contributed by atoms with Crippen LogP contribution < -0.4 is 0 Å². The van der Waals surface area contributed by atoms with E-state index < -0.39 is 0 Å². The van der Waals surface area contributed by atoms with Crippen LogP contribution in [0.3, 0.4) is 0 Å². The van der Waals surface area contributed by atoms with Crippen molar-refractivity contribution in [3.8, 4) is 0 Å². The Balaban J connectivity index is 1.81. The Morgan fingerprint density at radius 2 is 1.75 bits per heavy atom. The number of fused-ring (bicyclic) bond motifs is 1. The highest BCUT2D eigenvalue weighted by Gasteiger charge is 2.42. The maximum absolute atomic E-state index is 2.38. The molecule has 3 unspecified atom stereocenters. The summed E-state index contributed by atoms with van der Waals surface area (Å²) >= 11 is 0. The van der Waals surface area contributed by atoms with E-state index in [-0.39, 0.29) is 0 Å². The van der Waals surface area contributed by atoms with E-state index in [0.717, 1.165) is 11.8 Å². The summed E-state index contributed by atoms with van der Waals surface area (Å²) < 4.78 is 0. The lowest BCUT2D eigenvalue weighted by atomic mass is 9.78. The molecule has 0 radical (unpaired) electrons. The van der Waals surface area contributed by atoms with Crippen molar-refractivity contribution < 1.29 is 0 Å². The first kappa shape index (κ1) is 8.59. The number of rotatable bonds is 1. The molecule has 2 fully saturated rings. The Bertz CT molecular complexity index is 163. The van der Waals surface area contributed by atoms with Gasteiger partial charge in [-0.15, -0.1) is 0 Å². The fourth-order valence-electron chi connectivity index (χ4n) is 3.00. The van der Waals surface area contributed by atoms with E-state index in [1.165, 1.54) is 18.8 Å². The van der Waals surface area contributed by atoms with Gasteiger partial charge in [0.15, 0.2) is 0 Å². The van der Waals surface area contributed by atoms with Crippen molar-refractivity contribution in [1.29, 1.82) is 0 Å². The molecule has 0 N–H and O–H groups in total. The number of hydrogen-bond acceptors (Lipinski definition) is 0. The molecule has 2 saturated carbocycles. The van der Waals surface area contributed by atoms with Crippen LogP contribution in [-0.2, 0) is 0 Å². The second kappa shape index (κ2) is 2.75. The number of hydrogen-bond donors (Lipinski definition) is 0. The van der Waals surface area contributed by atoms with Crippen LogP contribution in [0.4, 0.5) is 0 Å². The molecule has 0 aliphatic heterocycles. The maximum Gasteiger partial charge on any atom is -0.0380 e. The van der Waals surface area contributed by atoms with E-state index in [9.17, 15) is 0 Å². The molecule has 0 heteroatoms. The Morgan fingerprint density at radius 3 is 2.33 bits per heavy atom. The normalized spacial score (nSPS) is 40.8. The molecule has 0 aromatic heterocycles. The van der Waals surface area contributed by atoms with Gasteiger partial charge >= 0.3 is 0 Å². The monoisotopic (exact) mass is 166 g/mol. The average Bonchev–Trinajstić information content (AvgIpc) is 2.61. The van der Waals surface area contributed by atoms with E-state index in [2.05, 4.69) is 20.8 Å². The highest BCUT2D eigenvalue weighted by molar-refractivity contribution is 4.93. The molecule has 0 saturated heterocycles. The van der Waals surface area contributed by atoms with Gasteiger partial charge < -0.3 is 0 Å². The fourth-order valence-corrected chi connectivity index (χ4v) is 3.00. The highest BCUT2D eigenvalue weighted by atomic mass is 14.5. The lowest BCUT2D eigenvalue weighted by Gasteiger charge is -2.28. The predicted octanol–water partition coefficient (Wildman–Crippen LogP) is 3.86. The van der Waals surface area contributed by atoms with Crippen molar-refractivity contribution in [2.24, 2.45) is 23.2 Å². The van der Waals surface area contributed by atoms with Gasteiger partial charge in [0.1, 0.15) is 0 Å². The molecule has 2 aliphatic rings. The minimum absolute atomic E-state index is 0.562. The van der Waals surface area contributed by atoms with Crippen LogP contribution in [0.2, 0.25) is 0 Å². The summed E-state index contributed by atoms with van der Waals surface area (Å²) in [6.45, 7) is 7.14. The van der Waals surface area contributed by atoms with Crippen molar-refractivity contribution >= 4 is 0 Å². The summed E-state index contributed by atoms with van der Waals surface area (Å²) in [7, 11) is 0. The van der Waals surface area contributed by atoms with Crippen LogP contribution in [0.15, 0.2) is 0 Å². The van der Waals surface area contributed by atoms with Crippen molar-refractivity contribution in [3.05, 3.63) is 0 Å². The second-order valence-electron chi connectivity index (χ2n) is 6.20. The zero-order chi connectivity index (χ0) is 8.77. The van der Waals surface area contributed by atoms with Gasteiger partial charge in [0.25, 0.3) is 0 Å². The molecule has 0 bridgehead atoms. The third-order valence-corrected chi connectivity index (χ3v) is 3.55. The highest BCUT2D eigenvalue weighted by Crippen LogP contribution is 2.53. The lowest BCUT2D eigenvalue weighted by molar-refractivity contribution is 0.233. The Hall–Kier alpha value is 0. The first-order valence-electron chi connectivity index (χ1n) is 5.54. The van der Waals surface area contributed by atoms with Gasteiger partial charge in [-0.3, -0.25) is 0 Å². The predicted molar refractivity (Wildman–Crippen MR) is 53.0 cm³/mol. The third-order valence-electron chi connectivity index (χ3n) is 3.55. The zero-order valence-electron chi connectivity index (χ0n) is 8.77. The lowest BCUT2D eigenvalue weighted by Crippen LogP contribution is -2.16. The first-order chi connectivity index (χ1) is 5.54. The Labute approximate surface area is 76.7 Å². The summed E-state index contributed by atoms with van der Waals surface area (Å²) in [5, 5.41) is 0. The van der Waals surface area contributed by atoms with Gasteiger partial charge in [-0.1, -0.05) is 27.2 Å². The Kier molecular flexibility index (Phi) is 1.97. The second-order valence-corrected chi connectivity index (χ2v) is 6.20. The van der Waals surface area contributed by atoms with Crippen LogP contribution in [0.25, 0.3) is 0 Å². The molecule has 0 nitrogen and oxygen atoms in total. The molecule has 70 valence electrons. The van der Waals surface area contributed by atoms with Gasteiger partial charge in [0.05, 0.1) is 0 Å². The van der Waals surface area contributed by atoms with Crippen molar-refractivity contribution in [3.63, 3.8) is 0 Å². The van der Waals surface area contributed by atoms with Gasteiger partial charge in [0, 0.05) is 0 Å². The van der Waals surface area contributed by atoms with E-state index in [4.69, 9.17) is 0 Å². The van der Waals surface area contributed by atoms with Crippen molar-refractivity contribution in [1.82, 2.24) is 0 Å². The molecule has 2 aliphatic carbocycles. The first-order valence-corrected chi connectivity index (χ1v) is 5.54. The van der Waals surface area contributed by atoms with Crippen LogP contribution >= 0.6 is 0 Å². The minimum atomic E-state index is 0.562. The van der Waals surface area contributed by atoms with Gasteiger partial charge in [-0.05, 0) is 48.9 Å². The third kappa shape index (κ3) is 2.02. The Morgan fingerprint density at radius 1 is 1.00 bits per heavy atom. The molecular weight excluding hydrogens is 144 g/mol. The van der Waals surface area contributed by atoms with E-state index >= 15 is 0 Å². The summed E-state index contributed by atoms with van der Waals surface area (Å²) in [5.41, 5.74) is 0.562. The zero-order valence-corrected chi connectivity index (χ0v) is 8.77. The maximum atomic E-state index is 2.38. The molecule has 0 spiro atoms. The SMILES string of the molecule is CC(C)(C)CC1CCC2CC2C1. The molecule has 0 aromatic rings. The largest absolute Gasteiger partial charge is 0.0602 e.